The zero-order valence-corrected chi connectivity index (χ0v) is 39.0. The fourth-order valence-corrected chi connectivity index (χ4v) is 9.15. The number of aliphatic hydroxyl groups excluding tert-OH is 1. The third-order valence-corrected chi connectivity index (χ3v) is 12.6. The number of rotatable bonds is 16. The summed E-state index contributed by atoms with van der Waals surface area (Å²) in [5, 5.41) is 23.2. The standard InChI is InChI=1S/C49H51ClF3N9O8/c1-54-47(65)29-10-13-36(40(21-29)66-2)55-16-4-5-31-22-33-35(6-3-7-38(33)62(31)27-49(51,52)53)57-30-14-18-61(19-15-30)24-42(64)56-17-20-67-32-11-8-28(9-12-32)43-34(50)23-37-46(59-43)60-48(58-37)70-41-26-69-44-39(63)25-68-45(41)44/h3,6-13,21-23,30,39,41,44-45,55,57,63H,14-20,24-27H2,1-2H3,(H,54,65)(H,56,64)(H,58,59,60)/t39-,41-,44-,45-/m1/s1. The molecule has 3 aromatic heterocycles. The zero-order valence-electron chi connectivity index (χ0n) is 38.2. The molecular weight excluding hydrogens is 935 g/mol. The number of nitrogens with one attached hydrogen (secondary N) is 5. The van der Waals surface area contributed by atoms with E-state index in [0.29, 0.717) is 80.9 Å². The number of nitrogens with zero attached hydrogens (tertiary/aromatic N) is 4. The van der Waals surface area contributed by atoms with Crippen LogP contribution in [0.25, 0.3) is 33.3 Å². The summed E-state index contributed by atoms with van der Waals surface area (Å²) in [4.78, 5) is 39.2. The lowest BCUT2D eigenvalue weighted by Gasteiger charge is -2.32. The van der Waals surface area contributed by atoms with Gasteiger partial charge < -0.3 is 59.6 Å². The van der Waals surface area contributed by atoms with E-state index in [4.69, 9.17) is 35.3 Å². The van der Waals surface area contributed by atoms with Gasteiger partial charge in [-0.3, -0.25) is 14.5 Å². The number of fused-ring (bicyclic) bond motifs is 3. The Balaban J connectivity index is 0.728. The number of imidazole rings is 1. The van der Waals surface area contributed by atoms with Crippen molar-refractivity contribution in [3.8, 4) is 40.6 Å². The summed E-state index contributed by atoms with van der Waals surface area (Å²) in [6.45, 7) is 1.45. The zero-order chi connectivity index (χ0) is 48.9. The Bertz CT molecular complexity index is 2910. The maximum Gasteiger partial charge on any atom is 0.406 e. The second-order valence-electron chi connectivity index (χ2n) is 17.1. The van der Waals surface area contributed by atoms with Crippen molar-refractivity contribution in [1.29, 1.82) is 0 Å². The van der Waals surface area contributed by atoms with E-state index in [0.717, 1.165) is 18.4 Å². The van der Waals surface area contributed by atoms with Crippen LogP contribution in [0.15, 0.2) is 72.8 Å². The van der Waals surface area contributed by atoms with Gasteiger partial charge in [0, 0.05) is 48.4 Å². The van der Waals surface area contributed by atoms with Crippen molar-refractivity contribution in [2.75, 3.05) is 77.3 Å². The minimum atomic E-state index is -4.48. The first-order chi connectivity index (χ1) is 33.8. The Morgan fingerprint density at radius 1 is 1.00 bits per heavy atom. The van der Waals surface area contributed by atoms with Gasteiger partial charge in [-0.2, -0.15) is 18.2 Å². The molecular formula is C49H51ClF3N9O8. The maximum absolute atomic E-state index is 13.9. The smallest absolute Gasteiger partial charge is 0.406 e. The molecule has 3 aliphatic rings. The molecule has 0 aliphatic carbocycles. The molecule has 3 saturated heterocycles. The number of anilines is 2. The van der Waals surface area contributed by atoms with Gasteiger partial charge in [-0.15, -0.1) is 0 Å². The molecule has 70 heavy (non-hydrogen) atoms. The van der Waals surface area contributed by atoms with E-state index in [1.54, 1.807) is 54.6 Å². The number of benzene rings is 3. The van der Waals surface area contributed by atoms with Crippen LogP contribution in [0.5, 0.6) is 17.5 Å². The van der Waals surface area contributed by atoms with Crippen LogP contribution >= 0.6 is 11.6 Å². The van der Waals surface area contributed by atoms with Gasteiger partial charge in [0.2, 0.25) is 5.91 Å². The summed E-state index contributed by atoms with van der Waals surface area (Å²) >= 11 is 6.63. The van der Waals surface area contributed by atoms with Gasteiger partial charge in [0.15, 0.2) is 11.8 Å². The molecule has 3 fully saturated rings. The molecule has 0 radical (unpaired) electrons. The first kappa shape index (κ1) is 48.3. The van der Waals surface area contributed by atoms with E-state index >= 15 is 0 Å². The average Bonchev–Trinajstić information content (AvgIpc) is 4.13. The van der Waals surface area contributed by atoms with E-state index < -0.39 is 31.0 Å². The third-order valence-electron chi connectivity index (χ3n) is 12.3. The number of H-pyrrole nitrogens is 1. The number of ether oxygens (including phenoxy) is 5. The molecule has 0 bridgehead atoms. The van der Waals surface area contributed by atoms with Crippen LogP contribution in [0.4, 0.5) is 24.5 Å². The molecule has 0 spiro atoms. The van der Waals surface area contributed by atoms with Crippen LogP contribution in [0.2, 0.25) is 5.02 Å². The summed E-state index contributed by atoms with van der Waals surface area (Å²) in [6, 6.07) is 21.1. The highest BCUT2D eigenvalue weighted by Crippen LogP contribution is 2.34. The molecule has 4 atom stereocenters. The minimum Gasteiger partial charge on any atom is -0.495 e. The van der Waals surface area contributed by atoms with E-state index in [9.17, 15) is 27.9 Å². The Kier molecular flexibility index (Phi) is 14.5. The van der Waals surface area contributed by atoms with Crippen molar-refractivity contribution in [2.24, 2.45) is 0 Å². The molecule has 17 nitrogen and oxygen atoms in total. The van der Waals surface area contributed by atoms with Gasteiger partial charge in [0.05, 0.1) is 73.1 Å². The Morgan fingerprint density at radius 2 is 1.80 bits per heavy atom. The van der Waals surface area contributed by atoms with Crippen molar-refractivity contribution in [1.82, 2.24) is 35.1 Å². The van der Waals surface area contributed by atoms with Gasteiger partial charge in [-0.25, -0.2) is 4.98 Å². The van der Waals surface area contributed by atoms with E-state index in [1.807, 2.05) is 18.2 Å². The summed E-state index contributed by atoms with van der Waals surface area (Å²) in [5.74, 6) is 6.49. The second-order valence-corrected chi connectivity index (χ2v) is 17.5. The van der Waals surface area contributed by atoms with Gasteiger partial charge in [0.1, 0.15) is 43.0 Å². The first-order valence-electron chi connectivity index (χ1n) is 22.8. The van der Waals surface area contributed by atoms with E-state index in [2.05, 4.69) is 53.0 Å². The number of pyridine rings is 1. The molecule has 0 saturated carbocycles. The monoisotopic (exact) mass is 985 g/mol. The van der Waals surface area contributed by atoms with Gasteiger partial charge in [-0.05, 0) is 85.5 Å². The summed E-state index contributed by atoms with van der Waals surface area (Å²) in [5.41, 5.74) is 4.62. The summed E-state index contributed by atoms with van der Waals surface area (Å²) < 4.78 is 71.4. The fraction of sp³-hybridized carbons (Fsp3) is 0.388. The Labute approximate surface area is 405 Å². The molecule has 21 heteroatoms. The lowest BCUT2D eigenvalue weighted by Crippen LogP contribution is -2.44. The topological polar surface area (TPSA) is 198 Å². The number of amides is 2. The molecule has 2 amide bonds. The van der Waals surface area contributed by atoms with Crippen molar-refractivity contribution in [3.05, 3.63) is 89.1 Å². The summed E-state index contributed by atoms with van der Waals surface area (Å²) in [6.07, 6.45) is -4.94. The number of carbonyl (C=O) groups is 2. The van der Waals surface area contributed by atoms with Gasteiger partial charge >= 0.3 is 6.18 Å². The molecule has 9 rings (SSSR count). The lowest BCUT2D eigenvalue weighted by atomic mass is 10.0. The molecule has 3 aromatic carbocycles. The number of aromatic nitrogens is 4. The highest BCUT2D eigenvalue weighted by Gasteiger charge is 2.48. The van der Waals surface area contributed by atoms with Crippen molar-refractivity contribution >= 4 is 56.9 Å². The largest absolute Gasteiger partial charge is 0.495 e. The van der Waals surface area contributed by atoms with Crippen molar-refractivity contribution < 1.29 is 51.6 Å². The normalized spacial score (nSPS) is 19.4. The van der Waals surface area contributed by atoms with Crippen LogP contribution in [0.1, 0.15) is 28.9 Å². The first-order valence-corrected chi connectivity index (χ1v) is 23.1. The molecule has 0 unspecified atom stereocenters. The van der Waals surface area contributed by atoms with Crippen LogP contribution < -0.4 is 35.5 Å². The highest BCUT2D eigenvalue weighted by molar-refractivity contribution is 6.33. The number of carbonyl (C=O) groups excluding carboxylic acids is 2. The average molecular weight is 986 g/mol. The second kappa shape index (κ2) is 21.1. The van der Waals surface area contributed by atoms with Crippen LogP contribution in [0, 0.1) is 11.8 Å². The van der Waals surface area contributed by atoms with Crippen LogP contribution in [0.3, 0.4) is 0 Å². The number of aliphatic hydroxyl groups is 1. The number of halogens is 4. The van der Waals surface area contributed by atoms with Crippen LogP contribution in [-0.4, -0.2) is 145 Å². The quantitative estimate of drug-likeness (QED) is 0.0518. The van der Waals surface area contributed by atoms with Crippen LogP contribution in [-0.2, 0) is 20.8 Å². The molecule has 6 heterocycles. The Morgan fingerprint density at radius 3 is 2.57 bits per heavy atom. The van der Waals surface area contributed by atoms with Gasteiger partial charge in [-0.1, -0.05) is 23.6 Å². The number of hydrogen-bond donors (Lipinski definition) is 6. The lowest BCUT2D eigenvalue weighted by molar-refractivity contribution is -0.140. The fourth-order valence-electron chi connectivity index (χ4n) is 8.89. The van der Waals surface area contributed by atoms with Gasteiger partial charge in [0.25, 0.3) is 11.9 Å². The minimum absolute atomic E-state index is 0.0386. The number of hydrogen-bond acceptors (Lipinski definition) is 13. The SMILES string of the molecule is CNC(=O)c1ccc(NCC#Cc2cc3c(NC4CCN(CC(=O)NCCOc5ccc(-c6nc7nc(O[C@@H]8CO[C@H]9[C@@H]8OC[C@H]9O)[nH]c7cc6Cl)cc5)CC4)cccc3n2CC(F)(F)F)c(OC)c1. The highest BCUT2D eigenvalue weighted by atomic mass is 35.5. The third kappa shape index (κ3) is 11.1. The number of piperidine rings is 1. The van der Waals surface area contributed by atoms with E-state index in [1.165, 1.54) is 18.7 Å². The number of methoxy groups -OCH3 is 1. The number of likely N-dealkylation sites (tertiary alicyclic amines) is 1. The predicted octanol–water partition coefficient (Wildman–Crippen LogP) is 5.60. The predicted molar refractivity (Wildman–Crippen MR) is 256 cm³/mol. The van der Waals surface area contributed by atoms with E-state index in [-0.39, 0.29) is 68.6 Å². The maximum atomic E-state index is 13.9. The van der Waals surface area contributed by atoms with Crippen molar-refractivity contribution in [3.63, 3.8) is 0 Å². The molecule has 6 aromatic rings. The van der Waals surface area contributed by atoms with Crippen molar-refractivity contribution in [2.45, 2.75) is 56.0 Å². The number of aromatic amines is 1. The molecule has 6 N–H and O–H groups in total. The molecule has 368 valence electrons. The summed E-state index contributed by atoms with van der Waals surface area (Å²) in [7, 11) is 3.01. The molecule has 3 aliphatic heterocycles. The number of alkyl halides is 3. The Hall–Kier alpha value is -6.76.